The smallest absolute Gasteiger partial charge is 0.231 e. The number of rotatable bonds is 7. The maximum absolute atomic E-state index is 12.7. The molecule has 4 heteroatoms. The number of anilines is 1. The van der Waals surface area contributed by atoms with Crippen LogP contribution in [0.5, 0.6) is 0 Å². The normalized spacial score (nSPS) is 21.4. The van der Waals surface area contributed by atoms with Crippen LogP contribution in [-0.4, -0.2) is 30.7 Å². The molecule has 0 spiro atoms. The van der Waals surface area contributed by atoms with Crippen molar-refractivity contribution in [1.29, 1.82) is 0 Å². The molecule has 4 nitrogen and oxygen atoms in total. The minimum Gasteiger partial charge on any atom is -0.396 e. The highest BCUT2D eigenvalue weighted by molar-refractivity contribution is 5.95. The molecule has 1 aromatic carbocycles. The highest BCUT2D eigenvalue weighted by atomic mass is 16.2. The van der Waals surface area contributed by atoms with Crippen molar-refractivity contribution in [3.63, 3.8) is 0 Å². The molecule has 1 aromatic rings. The molecule has 21 heavy (non-hydrogen) atoms. The Morgan fingerprint density at radius 2 is 2.33 bits per heavy atom. The van der Waals surface area contributed by atoms with E-state index < -0.39 is 0 Å². The second-order valence-electron chi connectivity index (χ2n) is 5.94. The van der Waals surface area contributed by atoms with Gasteiger partial charge in [-0.05, 0) is 49.9 Å². The van der Waals surface area contributed by atoms with Crippen molar-refractivity contribution in [1.82, 2.24) is 5.32 Å². The third-order valence-electron chi connectivity index (χ3n) is 4.26. The van der Waals surface area contributed by atoms with Crippen molar-refractivity contribution in [2.45, 2.75) is 39.0 Å². The van der Waals surface area contributed by atoms with Crippen LogP contribution in [0.4, 0.5) is 5.69 Å². The van der Waals surface area contributed by atoms with Gasteiger partial charge in [-0.15, -0.1) is 0 Å². The van der Waals surface area contributed by atoms with Gasteiger partial charge in [0, 0.05) is 18.8 Å². The molecule has 1 unspecified atom stereocenters. The molecule has 116 valence electrons. The lowest BCUT2D eigenvalue weighted by atomic mass is 9.81. The number of nitrogens with one attached hydrogen (secondary N) is 2. The zero-order valence-electron chi connectivity index (χ0n) is 12.8. The number of benzene rings is 1. The van der Waals surface area contributed by atoms with E-state index >= 15 is 0 Å². The summed E-state index contributed by atoms with van der Waals surface area (Å²) in [5.41, 5.74) is 1.75. The first kappa shape index (κ1) is 16.0. The van der Waals surface area contributed by atoms with Crippen LogP contribution < -0.4 is 10.6 Å². The van der Waals surface area contributed by atoms with E-state index in [-0.39, 0.29) is 17.9 Å². The van der Waals surface area contributed by atoms with Gasteiger partial charge >= 0.3 is 0 Å². The highest BCUT2D eigenvalue weighted by Gasteiger charge is 2.40. The van der Waals surface area contributed by atoms with E-state index in [1.165, 1.54) is 0 Å². The Kier molecular flexibility index (Phi) is 5.76. The SMILES string of the molecule is CCCC1(C(=O)Nc2cccc(CCCO)c2)CCNC1. The van der Waals surface area contributed by atoms with E-state index in [0.29, 0.717) is 0 Å². The molecule has 1 heterocycles. The lowest BCUT2D eigenvalue weighted by molar-refractivity contribution is -0.125. The van der Waals surface area contributed by atoms with Crippen molar-refractivity contribution >= 4 is 11.6 Å². The quantitative estimate of drug-likeness (QED) is 0.722. The van der Waals surface area contributed by atoms with Crippen LogP contribution >= 0.6 is 0 Å². The first-order valence-corrected chi connectivity index (χ1v) is 7.92. The molecule has 1 fully saturated rings. The fraction of sp³-hybridized carbons (Fsp3) is 0.588. The molecule has 0 bridgehead atoms. The van der Waals surface area contributed by atoms with Crippen molar-refractivity contribution < 1.29 is 9.90 Å². The maximum atomic E-state index is 12.7. The summed E-state index contributed by atoms with van der Waals surface area (Å²) in [6.07, 6.45) is 4.45. The molecule has 0 saturated carbocycles. The molecule has 1 aliphatic rings. The Morgan fingerprint density at radius 1 is 1.48 bits per heavy atom. The summed E-state index contributed by atoms with van der Waals surface area (Å²) in [5.74, 6) is 0.133. The average molecular weight is 290 g/mol. The molecular formula is C17H26N2O2. The van der Waals surface area contributed by atoms with Crippen LogP contribution in [0.25, 0.3) is 0 Å². The van der Waals surface area contributed by atoms with Crippen LogP contribution in [0.15, 0.2) is 24.3 Å². The predicted molar refractivity (Wildman–Crippen MR) is 85.3 cm³/mol. The van der Waals surface area contributed by atoms with Gasteiger partial charge in [0.05, 0.1) is 5.41 Å². The maximum Gasteiger partial charge on any atom is 0.231 e. The largest absolute Gasteiger partial charge is 0.396 e. The topological polar surface area (TPSA) is 61.4 Å². The number of aliphatic hydroxyl groups is 1. The first-order chi connectivity index (χ1) is 10.2. The minimum atomic E-state index is -0.254. The second-order valence-corrected chi connectivity index (χ2v) is 5.94. The Bertz CT molecular complexity index is 468. The summed E-state index contributed by atoms with van der Waals surface area (Å²) in [6.45, 7) is 4.02. The summed E-state index contributed by atoms with van der Waals surface area (Å²) in [4.78, 5) is 12.7. The Balaban J connectivity index is 2.04. The summed E-state index contributed by atoms with van der Waals surface area (Å²) >= 11 is 0. The molecule has 1 atom stereocenters. The number of hydrogen-bond acceptors (Lipinski definition) is 3. The van der Waals surface area contributed by atoms with Gasteiger partial charge in [-0.25, -0.2) is 0 Å². The van der Waals surface area contributed by atoms with Gasteiger partial charge in [-0.1, -0.05) is 25.5 Å². The molecular weight excluding hydrogens is 264 g/mol. The Labute approximate surface area is 126 Å². The number of aryl methyl sites for hydroxylation is 1. The van der Waals surface area contributed by atoms with Gasteiger partial charge in [0.15, 0.2) is 0 Å². The molecule has 2 rings (SSSR count). The number of hydrogen-bond donors (Lipinski definition) is 3. The van der Waals surface area contributed by atoms with E-state index in [9.17, 15) is 4.79 Å². The van der Waals surface area contributed by atoms with E-state index in [1.807, 2.05) is 24.3 Å². The highest BCUT2D eigenvalue weighted by Crippen LogP contribution is 2.32. The third kappa shape index (κ3) is 4.05. The monoisotopic (exact) mass is 290 g/mol. The molecule has 1 saturated heterocycles. The number of amides is 1. The second kappa shape index (κ2) is 7.57. The molecule has 1 amide bonds. The van der Waals surface area contributed by atoms with Gasteiger partial charge in [-0.3, -0.25) is 4.79 Å². The summed E-state index contributed by atoms with van der Waals surface area (Å²) in [7, 11) is 0. The van der Waals surface area contributed by atoms with Gasteiger partial charge in [0.1, 0.15) is 0 Å². The van der Waals surface area contributed by atoms with E-state index in [0.717, 1.165) is 56.4 Å². The fourth-order valence-corrected chi connectivity index (χ4v) is 3.09. The van der Waals surface area contributed by atoms with Crippen molar-refractivity contribution in [3.05, 3.63) is 29.8 Å². The average Bonchev–Trinajstić information content (AvgIpc) is 2.96. The fourth-order valence-electron chi connectivity index (χ4n) is 3.09. The van der Waals surface area contributed by atoms with Crippen LogP contribution in [-0.2, 0) is 11.2 Å². The summed E-state index contributed by atoms with van der Waals surface area (Å²) in [6, 6.07) is 7.93. The molecule has 0 aromatic heterocycles. The Morgan fingerprint density at radius 3 is 3.00 bits per heavy atom. The van der Waals surface area contributed by atoms with Gasteiger partial charge < -0.3 is 15.7 Å². The van der Waals surface area contributed by atoms with Gasteiger partial charge in [0.25, 0.3) is 0 Å². The van der Waals surface area contributed by atoms with E-state index in [4.69, 9.17) is 5.11 Å². The van der Waals surface area contributed by atoms with Gasteiger partial charge in [-0.2, -0.15) is 0 Å². The molecule has 3 N–H and O–H groups in total. The van der Waals surface area contributed by atoms with Crippen molar-refractivity contribution in [2.24, 2.45) is 5.41 Å². The van der Waals surface area contributed by atoms with Crippen LogP contribution in [0, 0.1) is 5.41 Å². The van der Waals surface area contributed by atoms with Crippen LogP contribution in [0.3, 0.4) is 0 Å². The number of aliphatic hydroxyl groups excluding tert-OH is 1. The van der Waals surface area contributed by atoms with Gasteiger partial charge in [0.2, 0.25) is 5.91 Å². The van der Waals surface area contributed by atoms with Crippen molar-refractivity contribution in [2.75, 3.05) is 25.0 Å². The third-order valence-corrected chi connectivity index (χ3v) is 4.26. The first-order valence-electron chi connectivity index (χ1n) is 7.92. The minimum absolute atomic E-state index is 0.133. The summed E-state index contributed by atoms with van der Waals surface area (Å²) in [5, 5.41) is 15.3. The molecule has 1 aliphatic heterocycles. The van der Waals surface area contributed by atoms with Crippen molar-refractivity contribution in [3.8, 4) is 0 Å². The number of carbonyl (C=O) groups is 1. The molecule has 0 aliphatic carbocycles. The Hall–Kier alpha value is -1.39. The number of carbonyl (C=O) groups excluding carboxylic acids is 1. The van der Waals surface area contributed by atoms with E-state index in [1.54, 1.807) is 0 Å². The predicted octanol–water partition coefficient (Wildman–Crippen LogP) is 2.33. The lowest BCUT2D eigenvalue weighted by Gasteiger charge is -2.26. The van der Waals surface area contributed by atoms with Crippen LogP contribution in [0.2, 0.25) is 0 Å². The zero-order chi connectivity index (χ0) is 15.1. The van der Waals surface area contributed by atoms with E-state index in [2.05, 4.69) is 17.6 Å². The van der Waals surface area contributed by atoms with Crippen LogP contribution in [0.1, 0.15) is 38.2 Å². The summed E-state index contributed by atoms with van der Waals surface area (Å²) < 4.78 is 0. The standard InChI is InChI=1S/C17H26N2O2/c1-2-8-17(9-10-18-13-17)16(21)19-15-7-3-5-14(12-15)6-4-11-20/h3,5,7,12,18,20H,2,4,6,8-11,13H2,1H3,(H,19,21). The molecule has 0 radical (unpaired) electrons. The zero-order valence-corrected chi connectivity index (χ0v) is 12.8. The lowest BCUT2D eigenvalue weighted by Crippen LogP contribution is -2.38.